The van der Waals surface area contributed by atoms with Crippen molar-refractivity contribution in [3.8, 4) is 16.9 Å². The van der Waals surface area contributed by atoms with E-state index >= 15 is 0 Å². The number of allylic oxidation sites excluding steroid dienone is 1. The summed E-state index contributed by atoms with van der Waals surface area (Å²) < 4.78 is 6.28. The molecule has 2 nitrogen and oxygen atoms in total. The van der Waals surface area contributed by atoms with E-state index in [0.29, 0.717) is 6.61 Å². The van der Waals surface area contributed by atoms with Crippen molar-refractivity contribution in [3.63, 3.8) is 0 Å². The van der Waals surface area contributed by atoms with E-state index in [2.05, 4.69) is 61.2 Å². The molecule has 2 heteroatoms. The number of hydrogen-bond donors (Lipinski definition) is 0. The Kier molecular flexibility index (Phi) is 4.97. The standard InChI is InChI=1S/C25H21NO/c1-2-10-21-17-25(23-15-8-9-16-24(23)26-21)27-18-20-13-6-7-14-22(20)19-11-4-3-5-12-19/h2-9,11-17H,1,10,18H2. The molecule has 1 heterocycles. The van der Waals surface area contributed by atoms with Crippen LogP contribution in [0.5, 0.6) is 5.75 Å². The number of hydrogen-bond acceptors (Lipinski definition) is 2. The van der Waals surface area contributed by atoms with Gasteiger partial charge in [-0.2, -0.15) is 0 Å². The van der Waals surface area contributed by atoms with Gasteiger partial charge in [-0.05, 0) is 28.8 Å². The number of fused-ring (bicyclic) bond motifs is 1. The molecule has 0 saturated carbocycles. The van der Waals surface area contributed by atoms with Gasteiger partial charge >= 0.3 is 0 Å². The summed E-state index contributed by atoms with van der Waals surface area (Å²) in [5, 5.41) is 1.03. The predicted octanol–water partition coefficient (Wildman–Crippen LogP) is 6.21. The highest BCUT2D eigenvalue weighted by molar-refractivity contribution is 5.85. The molecular formula is C25H21NO. The Bertz CT molecular complexity index is 1070. The third kappa shape index (κ3) is 3.75. The van der Waals surface area contributed by atoms with Crippen molar-refractivity contribution in [2.24, 2.45) is 0 Å². The van der Waals surface area contributed by atoms with Crippen LogP contribution in [0.4, 0.5) is 0 Å². The molecule has 0 saturated heterocycles. The smallest absolute Gasteiger partial charge is 0.131 e. The fraction of sp³-hybridized carbons (Fsp3) is 0.0800. The summed E-state index contributed by atoms with van der Waals surface area (Å²) in [5.74, 6) is 0.861. The van der Waals surface area contributed by atoms with E-state index in [1.807, 2.05) is 36.4 Å². The molecule has 0 atom stereocenters. The second kappa shape index (κ2) is 7.88. The monoisotopic (exact) mass is 351 g/mol. The summed E-state index contributed by atoms with van der Waals surface area (Å²) in [6.07, 6.45) is 2.59. The molecule has 0 unspecified atom stereocenters. The molecule has 0 spiro atoms. The van der Waals surface area contributed by atoms with Crippen molar-refractivity contribution in [1.82, 2.24) is 4.98 Å². The normalized spacial score (nSPS) is 10.7. The lowest BCUT2D eigenvalue weighted by Crippen LogP contribution is -2.00. The van der Waals surface area contributed by atoms with Crippen LogP contribution in [0.15, 0.2) is 97.6 Å². The van der Waals surface area contributed by atoms with Gasteiger partial charge in [0.05, 0.1) is 5.52 Å². The lowest BCUT2D eigenvalue weighted by molar-refractivity contribution is 0.310. The van der Waals surface area contributed by atoms with Crippen LogP contribution in [0.25, 0.3) is 22.0 Å². The van der Waals surface area contributed by atoms with Gasteiger partial charge in [0.15, 0.2) is 0 Å². The molecular weight excluding hydrogens is 330 g/mol. The van der Waals surface area contributed by atoms with Crippen LogP contribution < -0.4 is 4.74 Å². The maximum Gasteiger partial charge on any atom is 0.131 e. The number of aromatic nitrogens is 1. The number of rotatable bonds is 6. The maximum atomic E-state index is 6.28. The van der Waals surface area contributed by atoms with Crippen molar-refractivity contribution >= 4 is 10.9 Å². The summed E-state index contributed by atoms with van der Waals surface area (Å²) in [5.41, 5.74) is 5.47. The average molecular weight is 351 g/mol. The molecule has 132 valence electrons. The largest absolute Gasteiger partial charge is 0.488 e. The highest BCUT2D eigenvalue weighted by atomic mass is 16.5. The summed E-state index contributed by atoms with van der Waals surface area (Å²) in [4.78, 5) is 4.69. The zero-order valence-corrected chi connectivity index (χ0v) is 15.1. The van der Waals surface area contributed by atoms with Crippen molar-refractivity contribution in [2.75, 3.05) is 0 Å². The van der Waals surface area contributed by atoms with Crippen LogP contribution in [0.1, 0.15) is 11.3 Å². The quantitative estimate of drug-likeness (QED) is 0.385. The molecule has 4 aromatic rings. The van der Waals surface area contributed by atoms with Crippen LogP contribution in [-0.4, -0.2) is 4.98 Å². The molecule has 0 aliphatic rings. The van der Waals surface area contributed by atoms with E-state index in [4.69, 9.17) is 9.72 Å². The average Bonchev–Trinajstić information content (AvgIpc) is 2.73. The molecule has 0 aliphatic carbocycles. The van der Waals surface area contributed by atoms with Crippen molar-refractivity contribution < 1.29 is 4.74 Å². The van der Waals surface area contributed by atoms with Gasteiger partial charge in [-0.15, -0.1) is 6.58 Å². The Labute approximate surface area is 159 Å². The first-order valence-electron chi connectivity index (χ1n) is 9.11. The molecule has 0 amide bonds. The molecule has 0 fully saturated rings. The highest BCUT2D eigenvalue weighted by Gasteiger charge is 2.09. The number of benzene rings is 3. The molecule has 0 N–H and O–H groups in total. The van der Waals surface area contributed by atoms with E-state index in [-0.39, 0.29) is 0 Å². The number of para-hydroxylation sites is 1. The first kappa shape index (κ1) is 17.0. The van der Waals surface area contributed by atoms with Gasteiger partial charge in [-0.3, -0.25) is 4.98 Å². The van der Waals surface area contributed by atoms with E-state index in [1.165, 1.54) is 11.1 Å². The zero-order valence-electron chi connectivity index (χ0n) is 15.1. The number of ether oxygens (including phenoxy) is 1. The Morgan fingerprint density at radius 1 is 0.852 bits per heavy atom. The molecule has 0 aliphatic heterocycles. The van der Waals surface area contributed by atoms with Gasteiger partial charge in [-0.1, -0.05) is 72.8 Å². The fourth-order valence-corrected chi connectivity index (χ4v) is 3.27. The Hall–Kier alpha value is -3.39. The third-order valence-electron chi connectivity index (χ3n) is 4.57. The lowest BCUT2D eigenvalue weighted by atomic mass is 10.0. The van der Waals surface area contributed by atoms with E-state index in [0.717, 1.165) is 34.3 Å². The molecule has 0 bridgehead atoms. The predicted molar refractivity (Wildman–Crippen MR) is 112 cm³/mol. The van der Waals surface area contributed by atoms with Crippen molar-refractivity contribution in [1.29, 1.82) is 0 Å². The second-order valence-corrected chi connectivity index (χ2v) is 6.43. The maximum absolute atomic E-state index is 6.28. The fourth-order valence-electron chi connectivity index (χ4n) is 3.27. The highest BCUT2D eigenvalue weighted by Crippen LogP contribution is 2.29. The second-order valence-electron chi connectivity index (χ2n) is 6.43. The molecule has 0 radical (unpaired) electrons. The minimum atomic E-state index is 0.507. The van der Waals surface area contributed by atoms with E-state index in [9.17, 15) is 0 Å². The van der Waals surface area contributed by atoms with Crippen LogP contribution in [0, 0.1) is 0 Å². The van der Waals surface area contributed by atoms with Gasteiger partial charge in [0.25, 0.3) is 0 Å². The van der Waals surface area contributed by atoms with Gasteiger partial charge in [-0.25, -0.2) is 0 Å². The molecule has 4 rings (SSSR count). The summed E-state index contributed by atoms with van der Waals surface area (Å²) in [6, 6.07) is 28.9. The molecule has 27 heavy (non-hydrogen) atoms. The summed E-state index contributed by atoms with van der Waals surface area (Å²) in [7, 11) is 0. The van der Waals surface area contributed by atoms with Gasteiger partial charge in [0.1, 0.15) is 12.4 Å². The van der Waals surface area contributed by atoms with Gasteiger partial charge in [0, 0.05) is 23.6 Å². The summed E-state index contributed by atoms with van der Waals surface area (Å²) >= 11 is 0. The Morgan fingerprint density at radius 2 is 1.59 bits per heavy atom. The number of nitrogens with zero attached hydrogens (tertiary/aromatic N) is 1. The summed E-state index contributed by atoms with van der Waals surface area (Å²) in [6.45, 7) is 4.33. The van der Waals surface area contributed by atoms with Crippen LogP contribution >= 0.6 is 0 Å². The van der Waals surface area contributed by atoms with E-state index < -0.39 is 0 Å². The first-order valence-corrected chi connectivity index (χ1v) is 9.11. The van der Waals surface area contributed by atoms with Crippen molar-refractivity contribution in [2.45, 2.75) is 13.0 Å². The van der Waals surface area contributed by atoms with Gasteiger partial charge in [0.2, 0.25) is 0 Å². The Balaban J connectivity index is 1.68. The third-order valence-corrected chi connectivity index (χ3v) is 4.57. The van der Waals surface area contributed by atoms with Crippen molar-refractivity contribution in [3.05, 3.63) is 109 Å². The SMILES string of the molecule is C=CCc1cc(OCc2ccccc2-c2ccccc2)c2ccccc2n1. The Morgan fingerprint density at radius 3 is 2.44 bits per heavy atom. The van der Waals surface area contributed by atoms with Gasteiger partial charge < -0.3 is 4.74 Å². The zero-order chi connectivity index (χ0) is 18.5. The number of pyridine rings is 1. The van der Waals surface area contributed by atoms with Crippen LogP contribution in [-0.2, 0) is 13.0 Å². The molecule has 1 aromatic heterocycles. The molecule has 3 aromatic carbocycles. The topological polar surface area (TPSA) is 22.1 Å². The van der Waals surface area contributed by atoms with Crippen LogP contribution in [0.3, 0.4) is 0 Å². The van der Waals surface area contributed by atoms with E-state index in [1.54, 1.807) is 0 Å². The van der Waals surface area contributed by atoms with Crippen LogP contribution in [0.2, 0.25) is 0 Å². The minimum absolute atomic E-state index is 0.507. The lowest BCUT2D eigenvalue weighted by Gasteiger charge is -2.14. The first-order chi connectivity index (χ1) is 13.3. The minimum Gasteiger partial charge on any atom is -0.488 e.